The van der Waals surface area contributed by atoms with Crippen molar-refractivity contribution in [2.24, 2.45) is 0 Å². The molecule has 146 valence electrons. The van der Waals surface area contributed by atoms with Crippen molar-refractivity contribution >= 4 is 39.8 Å². The largest absolute Gasteiger partial charge is 0.466 e. The van der Waals surface area contributed by atoms with Crippen molar-refractivity contribution in [2.75, 3.05) is 12.4 Å². The van der Waals surface area contributed by atoms with Crippen molar-refractivity contribution in [1.82, 2.24) is 4.98 Å². The van der Waals surface area contributed by atoms with Gasteiger partial charge in [-0.15, -0.1) is 11.3 Å². The highest BCUT2D eigenvalue weighted by Crippen LogP contribution is 2.44. The first kappa shape index (κ1) is 19.2. The van der Waals surface area contributed by atoms with Crippen LogP contribution in [0, 0.1) is 0 Å². The Hall–Kier alpha value is -2.18. The van der Waals surface area contributed by atoms with Gasteiger partial charge in [-0.05, 0) is 62.6 Å². The zero-order valence-corrected chi connectivity index (χ0v) is 17.2. The molecule has 0 spiro atoms. The van der Waals surface area contributed by atoms with Crippen molar-refractivity contribution in [3.8, 4) is 11.3 Å². The number of amides is 1. The Labute approximate surface area is 172 Å². The molecule has 28 heavy (non-hydrogen) atoms. The molecule has 7 heteroatoms. The predicted molar refractivity (Wildman–Crippen MR) is 111 cm³/mol. The Bertz CT molecular complexity index is 963. The molecule has 0 radical (unpaired) electrons. The number of anilines is 1. The summed E-state index contributed by atoms with van der Waals surface area (Å²) in [6.45, 7) is 0. The van der Waals surface area contributed by atoms with Crippen LogP contribution in [0.3, 0.4) is 0 Å². The molecule has 0 aromatic carbocycles. The number of nitrogens with zero attached hydrogens (tertiary/aromatic N) is 1. The molecule has 1 N–H and O–H groups in total. The Morgan fingerprint density at radius 2 is 1.89 bits per heavy atom. The number of nitrogens with one attached hydrogen (secondary N) is 1. The topological polar surface area (TPSA) is 68.3 Å². The van der Waals surface area contributed by atoms with Crippen LogP contribution in [0.4, 0.5) is 5.00 Å². The van der Waals surface area contributed by atoms with Crippen LogP contribution >= 0.6 is 22.9 Å². The van der Waals surface area contributed by atoms with Gasteiger partial charge in [-0.1, -0.05) is 11.6 Å². The lowest BCUT2D eigenvalue weighted by molar-refractivity contribution is -0.136. The number of ether oxygens (including phenoxy) is 1. The maximum absolute atomic E-state index is 13.0. The third kappa shape index (κ3) is 3.59. The summed E-state index contributed by atoms with van der Waals surface area (Å²) >= 11 is 7.63. The lowest BCUT2D eigenvalue weighted by Gasteiger charge is -2.13. The van der Waals surface area contributed by atoms with Crippen LogP contribution < -0.4 is 5.32 Å². The van der Waals surface area contributed by atoms with E-state index in [-0.39, 0.29) is 5.91 Å². The van der Waals surface area contributed by atoms with E-state index in [9.17, 15) is 9.59 Å². The highest BCUT2D eigenvalue weighted by atomic mass is 35.5. The smallest absolute Gasteiger partial charge is 0.334 e. The molecule has 0 atom stereocenters. The Morgan fingerprint density at radius 3 is 2.64 bits per heavy atom. The van der Waals surface area contributed by atoms with E-state index in [4.69, 9.17) is 16.3 Å². The summed E-state index contributed by atoms with van der Waals surface area (Å²) in [5.41, 5.74) is 4.10. The summed E-state index contributed by atoms with van der Waals surface area (Å²) in [5.74, 6) is -0.626. The van der Waals surface area contributed by atoms with E-state index in [1.165, 1.54) is 17.6 Å². The second kappa shape index (κ2) is 8.05. The molecule has 2 aromatic rings. The number of carbonyl (C=O) groups is 2. The van der Waals surface area contributed by atoms with Crippen LogP contribution in [-0.4, -0.2) is 24.0 Å². The van der Waals surface area contributed by atoms with E-state index in [0.29, 0.717) is 29.0 Å². The van der Waals surface area contributed by atoms with Gasteiger partial charge in [-0.2, -0.15) is 0 Å². The first-order valence-corrected chi connectivity index (χ1v) is 10.7. The van der Waals surface area contributed by atoms with E-state index in [1.54, 1.807) is 17.5 Å². The van der Waals surface area contributed by atoms with Crippen LogP contribution in [0.15, 0.2) is 29.5 Å². The summed E-state index contributed by atoms with van der Waals surface area (Å²) < 4.78 is 4.84. The molecule has 0 aliphatic heterocycles. The van der Waals surface area contributed by atoms with Crippen LogP contribution in [0.1, 0.15) is 42.5 Å². The normalized spacial score (nSPS) is 16.1. The molecule has 0 saturated heterocycles. The maximum Gasteiger partial charge on any atom is 0.334 e. The van der Waals surface area contributed by atoms with E-state index >= 15 is 0 Å². The fraction of sp³-hybridized carbons (Fsp3) is 0.381. The minimum absolute atomic E-state index is 0.216. The van der Waals surface area contributed by atoms with Gasteiger partial charge in [0.15, 0.2) is 0 Å². The van der Waals surface area contributed by atoms with Gasteiger partial charge in [0, 0.05) is 27.8 Å². The molecule has 5 nitrogen and oxygen atoms in total. The number of hydrogen-bond acceptors (Lipinski definition) is 5. The fourth-order valence-electron chi connectivity index (χ4n) is 3.97. The standard InChI is InChI=1S/C21H21ClN2O3S/c1-27-21(26)14-7-4-6-13(14)19(25)24-20-18(16-10-9-12(22)11-23-16)15-5-2-3-8-17(15)28-20/h9-11H,2-8H2,1H3,(H,24,25). The van der Waals surface area contributed by atoms with Gasteiger partial charge in [0.2, 0.25) is 0 Å². The van der Waals surface area contributed by atoms with Gasteiger partial charge < -0.3 is 10.1 Å². The van der Waals surface area contributed by atoms with Gasteiger partial charge in [0.05, 0.1) is 17.8 Å². The fourth-order valence-corrected chi connectivity index (χ4v) is 5.38. The number of thiophene rings is 1. The average Bonchev–Trinajstić information content (AvgIpc) is 3.33. The van der Waals surface area contributed by atoms with Crippen molar-refractivity contribution in [3.63, 3.8) is 0 Å². The lowest BCUT2D eigenvalue weighted by Crippen LogP contribution is -2.17. The molecule has 2 aromatic heterocycles. The van der Waals surface area contributed by atoms with Gasteiger partial charge in [-0.25, -0.2) is 4.79 Å². The summed E-state index contributed by atoms with van der Waals surface area (Å²) in [4.78, 5) is 30.8. The number of esters is 1. The highest BCUT2D eigenvalue weighted by Gasteiger charge is 2.29. The third-order valence-corrected chi connectivity index (χ3v) is 6.74. The van der Waals surface area contributed by atoms with Crippen molar-refractivity contribution < 1.29 is 14.3 Å². The predicted octanol–water partition coefficient (Wildman–Crippen LogP) is 4.93. The molecule has 0 bridgehead atoms. The zero-order valence-electron chi connectivity index (χ0n) is 15.6. The quantitative estimate of drug-likeness (QED) is 0.717. The number of halogens is 1. The van der Waals surface area contributed by atoms with Gasteiger partial charge in [0.25, 0.3) is 5.91 Å². The third-order valence-electron chi connectivity index (χ3n) is 5.31. The van der Waals surface area contributed by atoms with E-state index in [0.717, 1.165) is 48.4 Å². The van der Waals surface area contributed by atoms with Crippen molar-refractivity contribution in [2.45, 2.75) is 44.9 Å². The Kier molecular flexibility index (Phi) is 5.51. The number of pyridine rings is 1. The molecule has 0 saturated carbocycles. The first-order valence-electron chi connectivity index (χ1n) is 9.46. The summed E-state index contributed by atoms with van der Waals surface area (Å²) in [6, 6.07) is 3.71. The molecular weight excluding hydrogens is 396 g/mol. The second-order valence-corrected chi connectivity index (χ2v) is 8.57. The van der Waals surface area contributed by atoms with Crippen LogP contribution in [0.2, 0.25) is 5.02 Å². The van der Waals surface area contributed by atoms with Crippen LogP contribution in [0.25, 0.3) is 11.3 Å². The molecule has 0 fully saturated rings. The number of hydrogen-bond donors (Lipinski definition) is 1. The first-order chi connectivity index (χ1) is 13.6. The van der Waals surface area contributed by atoms with Gasteiger partial charge >= 0.3 is 5.97 Å². The lowest BCUT2D eigenvalue weighted by atomic mass is 9.94. The summed E-state index contributed by atoms with van der Waals surface area (Å²) in [7, 11) is 1.35. The van der Waals surface area contributed by atoms with Crippen LogP contribution in [0.5, 0.6) is 0 Å². The Balaban J connectivity index is 1.72. The number of aryl methyl sites for hydroxylation is 1. The van der Waals surface area contributed by atoms with Crippen LogP contribution in [-0.2, 0) is 27.2 Å². The van der Waals surface area contributed by atoms with E-state index in [1.807, 2.05) is 12.1 Å². The molecule has 2 heterocycles. The minimum Gasteiger partial charge on any atom is -0.466 e. The number of methoxy groups -OCH3 is 1. The maximum atomic E-state index is 13.0. The number of fused-ring (bicyclic) bond motifs is 1. The van der Waals surface area contributed by atoms with Crippen molar-refractivity contribution in [3.05, 3.63) is 44.9 Å². The Morgan fingerprint density at radius 1 is 1.11 bits per heavy atom. The minimum atomic E-state index is -0.410. The monoisotopic (exact) mass is 416 g/mol. The molecule has 4 rings (SSSR count). The molecule has 0 unspecified atom stereocenters. The zero-order chi connectivity index (χ0) is 19.7. The SMILES string of the molecule is COC(=O)C1=C(C(=O)Nc2sc3c(c2-c2ccc(Cl)cn2)CCCC3)CCC1. The molecular formula is C21H21ClN2O3S. The summed E-state index contributed by atoms with van der Waals surface area (Å²) in [5, 5.41) is 4.45. The second-order valence-electron chi connectivity index (χ2n) is 7.03. The van der Waals surface area contributed by atoms with Gasteiger partial charge in [0.1, 0.15) is 5.00 Å². The van der Waals surface area contributed by atoms with Gasteiger partial charge in [-0.3, -0.25) is 9.78 Å². The highest BCUT2D eigenvalue weighted by molar-refractivity contribution is 7.17. The molecule has 2 aliphatic rings. The molecule has 1 amide bonds. The number of aromatic nitrogens is 1. The van der Waals surface area contributed by atoms with Crippen molar-refractivity contribution in [1.29, 1.82) is 0 Å². The number of rotatable bonds is 4. The van der Waals surface area contributed by atoms with E-state index < -0.39 is 5.97 Å². The summed E-state index contributed by atoms with van der Waals surface area (Å²) in [6.07, 6.45) is 7.90. The number of carbonyl (C=O) groups excluding carboxylic acids is 2. The van der Waals surface area contributed by atoms with E-state index in [2.05, 4.69) is 10.3 Å². The molecule has 2 aliphatic carbocycles. The average molecular weight is 417 g/mol.